The molecule has 1 aliphatic rings. The van der Waals surface area contributed by atoms with Gasteiger partial charge in [0.15, 0.2) is 0 Å². The Hall–Kier alpha value is -1.94. The van der Waals surface area contributed by atoms with Crippen LogP contribution < -0.4 is 0 Å². The molecule has 3 nitrogen and oxygen atoms in total. The van der Waals surface area contributed by atoms with Gasteiger partial charge >= 0.3 is 0 Å². The lowest BCUT2D eigenvalue weighted by molar-refractivity contribution is -0.355. The fourth-order valence-corrected chi connectivity index (χ4v) is 2.73. The zero-order chi connectivity index (χ0) is 13.6. The van der Waals surface area contributed by atoms with Crippen LogP contribution in [0.4, 0.5) is 5.69 Å². The fraction of sp³-hybridized carbons (Fsp3) is 0.0667. The quantitative estimate of drug-likeness (QED) is 0.596. The largest absolute Gasteiger partial charge is 0.618 e. The van der Waals surface area contributed by atoms with Crippen molar-refractivity contribution >= 4 is 33.1 Å². The van der Waals surface area contributed by atoms with Crippen molar-refractivity contribution in [2.24, 2.45) is 0 Å². The smallest absolute Gasteiger partial charge is 0.273 e. The molecule has 0 atom stereocenters. The molecule has 4 heteroatoms. The van der Waals surface area contributed by atoms with Crippen LogP contribution in [0, 0.1) is 12.1 Å². The average Bonchev–Trinajstić information content (AvgIpc) is 2.63. The van der Waals surface area contributed by atoms with E-state index in [9.17, 15) is 10.0 Å². The standard InChI is InChI=1S/C15H10BrNO2/c1-9-4-2-7-12-13(9)15(18)14(17(12)19)10-5-3-6-11(16)8-10/h2-8H,1H3. The molecule has 19 heavy (non-hydrogen) atoms. The topological polar surface area (TPSA) is 43.1 Å². The summed E-state index contributed by atoms with van der Waals surface area (Å²) in [5, 5.41) is 12.3. The molecule has 1 heterocycles. The number of nitrogens with zero attached hydrogens (tertiary/aromatic N) is 1. The highest BCUT2D eigenvalue weighted by molar-refractivity contribution is 9.10. The second kappa shape index (κ2) is 4.31. The third-order valence-electron chi connectivity index (χ3n) is 3.21. The molecule has 94 valence electrons. The second-order valence-corrected chi connectivity index (χ2v) is 5.37. The number of hydrogen-bond acceptors (Lipinski definition) is 2. The van der Waals surface area contributed by atoms with E-state index >= 15 is 0 Å². The molecule has 0 fully saturated rings. The van der Waals surface area contributed by atoms with E-state index in [-0.39, 0.29) is 11.5 Å². The molecular formula is C15H10BrNO2. The van der Waals surface area contributed by atoms with Crippen molar-refractivity contribution in [2.75, 3.05) is 0 Å². The minimum Gasteiger partial charge on any atom is -0.618 e. The normalized spacial score (nSPS) is 13.9. The number of carbonyl (C=O) groups is 1. The lowest BCUT2D eigenvalue weighted by Gasteiger charge is -2.02. The first-order chi connectivity index (χ1) is 9.09. The Bertz CT molecular complexity index is 735. The van der Waals surface area contributed by atoms with Crippen LogP contribution in [0.1, 0.15) is 21.5 Å². The van der Waals surface area contributed by atoms with Gasteiger partial charge in [0.05, 0.1) is 5.56 Å². The fourth-order valence-electron chi connectivity index (χ4n) is 2.33. The van der Waals surface area contributed by atoms with E-state index in [2.05, 4.69) is 15.9 Å². The number of ketones is 1. The van der Waals surface area contributed by atoms with Crippen LogP contribution in [-0.4, -0.2) is 16.2 Å². The number of benzene rings is 2. The number of halogens is 1. The minimum absolute atomic E-state index is 0.186. The van der Waals surface area contributed by atoms with Crippen LogP contribution in [0.3, 0.4) is 0 Å². The Labute approximate surface area is 118 Å². The van der Waals surface area contributed by atoms with Gasteiger partial charge in [-0.25, -0.2) is 0 Å². The van der Waals surface area contributed by atoms with E-state index in [1.165, 1.54) is 0 Å². The number of carbonyl (C=O) groups excluding carboxylic acids is 1. The van der Waals surface area contributed by atoms with Crippen LogP contribution >= 0.6 is 15.9 Å². The van der Waals surface area contributed by atoms with E-state index < -0.39 is 0 Å². The third-order valence-corrected chi connectivity index (χ3v) is 3.71. The maximum Gasteiger partial charge on any atom is 0.273 e. The summed E-state index contributed by atoms with van der Waals surface area (Å²) in [7, 11) is 0. The number of aryl methyl sites for hydroxylation is 1. The van der Waals surface area contributed by atoms with Gasteiger partial charge < -0.3 is 5.21 Å². The SMILES string of the molecule is Cc1cccc2c1C(=O)C(c1cccc(Br)c1)=[N+]2[O-]. The summed E-state index contributed by atoms with van der Waals surface area (Å²) in [6, 6.07) is 12.5. The van der Waals surface area contributed by atoms with Crippen molar-refractivity contribution in [2.45, 2.75) is 6.92 Å². The van der Waals surface area contributed by atoms with Crippen LogP contribution in [0.25, 0.3) is 0 Å². The van der Waals surface area contributed by atoms with Gasteiger partial charge in [0.2, 0.25) is 5.69 Å². The predicted molar refractivity (Wildman–Crippen MR) is 77.0 cm³/mol. The van der Waals surface area contributed by atoms with E-state index in [1.807, 2.05) is 25.1 Å². The van der Waals surface area contributed by atoms with Crippen LogP contribution in [-0.2, 0) is 0 Å². The van der Waals surface area contributed by atoms with Crippen molar-refractivity contribution in [1.82, 2.24) is 0 Å². The first kappa shape index (κ1) is 12.1. The molecule has 0 aliphatic carbocycles. The van der Waals surface area contributed by atoms with E-state index in [0.717, 1.165) is 14.8 Å². The first-order valence-corrected chi connectivity index (χ1v) is 6.63. The molecule has 2 aromatic rings. The number of hydrogen-bond donors (Lipinski definition) is 0. The zero-order valence-corrected chi connectivity index (χ0v) is 11.8. The van der Waals surface area contributed by atoms with Crippen molar-refractivity contribution in [3.05, 3.63) is 68.8 Å². The lowest BCUT2D eigenvalue weighted by atomic mass is 9.99. The van der Waals surface area contributed by atoms with Gasteiger partial charge in [-0.15, -0.1) is 0 Å². The number of fused-ring (bicyclic) bond motifs is 1. The minimum atomic E-state index is -0.207. The molecule has 1 aliphatic heterocycles. The van der Waals surface area contributed by atoms with Crippen LogP contribution in [0.5, 0.6) is 0 Å². The molecule has 0 radical (unpaired) electrons. The van der Waals surface area contributed by atoms with Gasteiger partial charge in [0.1, 0.15) is 5.56 Å². The Kier molecular flexibility index (Phi) is 2.75. The highest BCUT2D eigenvalue weighted by atomic mass is 79.9. The molecule has 0 aromatic heterocycles. The van der Waals surface area contributed by atoms with Gasteiger partial charge in [-0.3, -0.25) is 4.79 Å². The molecule has 2 aromatic carbocycles. The van der Waals surface area contributed by atoms with Crippen molar-refractivity contribution in [3.63, 3.8) is 0 Å². The van der Waals surface area contributed by atoms with Gasteiger partial charge in [0, 0.05) is 10.5 Å². The van der Waals surface area contributed by atoms with Crippen LogP contribution in [0.15, 0.2) is 46.9 Å². The zero-order valence-electron chi connectivity index (χ0n) is 10.2. The summed E-state index contributed by atoms with van der Waals surface area (Å²) in [6.45, 7) is 1.84. The van der Waals surface area contributed by atoms with Gasteiger partial charge in [-0.2, -0.15) is 4.74 Å². The highest BCUT2D eigenvalue weighted by Crippen LogP contribution is 2.30. The molecule has 0 saturated heterocycles. The summed E-state index contributed by atoms with van der Waals surface area (Å²) in [6.07, 6.45) is 0. The molecule has 0 N–H and O–H groups in total. The maximum atomic E-state index is 12.4. The summed E-state index contributed by atoms with van der Waals surface area (Å²) in [5.74, 6) is -0.207. The summed E-state index contributed by atoms with van der Waals surface area (Å²) >= 11 is 3.35. The monoisotopic (exact) mass is 315 g/mol. The highest BCUT2D eigenvalue weighted by Gasteiger charge is 2.37. The van der Waals surface area contributed by atoms with Gasteiger partial charge in [-0.1, -0.05) is 34.1 Å². The van der Waals surface area contributed by atoms with Crippen molar-refractivity contribution < 1.29 is 9.53 Å². The molecule has 0 saturated carbocycles. The number of Topliss-reactive ketones (excluding diaryl/α,β-unsaturated/α-hetero) is 1. The average molecular weight is 316 g/mol. The van der Waals surface area contributed by atoms with E-state index in [0.29, 0.717) is 16.8 Å². The summed E-state index contributed by atoms with van der Waals surface area (Å²) in [5.41, 5.74) is 2.58. The molecule has 0 unspecified atom stereocenters. The van der Waals surface area contributed by atoms with Crippen LogP contribution in [0.2, 0.25) is 0 Å². The molecule has 0 amide bonds. The Morgan fingerprint density at radius 2 is 1.89 bits per heavy atom. The summed E-state index contributed by atoms with van der Waals surface area (Å²) < 4.78 is 1.57. The van der Waals surface area contributed by atoms with E-state index in [1.54, 1.807) is 24.3 Å². The molecule has 0 bridgehead atoms. The Balaban J connectivity index is 2.23. The molecule has 3 rings (SSSR count). The van der Waals surface area contributed by atoms with Gasteiger partial charge in [-0.05, 0) is 30.7 Å². The molecule has 0 spiro atoms. The van der Waals surface area contributed by atoms with Crippen molar-refractivity contribution in [3.8, 4) is 0 Å². The maximum absolute atomic E-state index is 12.4. The third kappa shape index (κ3) is 1.79. The van der Waals surface area contributed by atoms with Gasteiger partial charge in [0.25, 0.3) is 11.5 Å². The lowest BCUT2D eigenvalue weighted by Crippen LogP contribution is -2.16. The Morgan fingerprint density at radius 1 is 1.16 bits per heavy atom. The molecular weight excluding hydrogens is 306 g/mol. The number of rotatable bonds is 1. The first-order valence-electron chi connectivity index (χ1n) is 5.84. The predicted octanol–water partition coefficient (Wildman–Crippen LogP) is 3.58. The van der Waals surface area contributed by atoms with E-state index in [4.69, 9.17) is 0 Å². The Morgan fingerprint density at radius 3 is 2.58 bits per heavy atom. The van der Waals surface area contributed by atoms with Crippen molar-refractivity contribution in [1.29, 1.82) is 0 Å². The second-order valence-electron chi connectivity index (χ2n) is 4.45. The summed E-state index contributed by atoms with van der Waals surface area (Å²) in [4.78, 5) is 12.4.